The molecule has 6 nitrogen and oxygen atoms in total. The second-order valence-corrected chi connectivity index (χ2v) is 8.70. The van der Waals surface area contributed by atoms with Gasteiger partial charge in [0, 0.05) is 23.4 Å². The van der Waals surface area contributed by atoms with Crippen molar-refractivity contribution < 1.29 is 9.90 Å². The summed E-state index contributed by atoms with van der Waals surface area (Å²) in [6.45, 7) is 7.95. The monoisotopic (exact) mass is 382 g/mol. The Morgan fingerprint density at radius 3 is 2.81 bits per heavy atom. The summed E-state index contributed by atoms with van der Waals surface area (Å²) in [4.78, 5) is 17.7. The number of fused-ring (bicyclic) bond motifs is 1. The van der Waals surface area contributed by atoms with Crippen molar-refractivity contribution in [3.05, 3.63) is 53.8 Å². The van der Waals surface area contributed by atoms with Crippen LogP contribution < -0.4 is 5.32 Å². The Morgan fingerprint density at radius 1 is 1.37 bits per heavy atom. The molecule has 0 fully saturated rings. The van der Waals surface area contributed by atoms with E-state index in [0.717, 1.165) is 23.3 Å². The first-order valence-electron chi connectivity index (χ1n) is 8.90. The fourth-order valence-electron chi connectivity index (χ4n) is 3.75. The van der Waals surface area contributed by atoms with E-state index in [4.69, 9.17) is 0 Å². The van der Waals surface area contributed by atoms with E-state index >= 15 is 0 Å². The van der Waals surface area contributed by atoms with Crippen molar-refractivity contribution in [1.29, 1.82) is 0 Å². The molecule has 140 valence electrons. The molecular weight excluding hydrogens is 360 g/mol. The number of phenolic OH excluding ortho intramolecular Hbond substituents is 1. The van der Waals surface area contributed by atoms with Crippen molar-refractivity contribution in [2.45, 2.75) is 37.9 Å². The fraction of sp³-hybridized carbons (Fsp3) is 0.350. The van der Waals surface area contributed by atoms with Crippen molar-refractivity contribution in [2.24, 2.45) is 5.41 Å². The minimum atomic E-state index is -0.342. The second kappa shape index (κ2) is 6.56. The van der Waals surface area contributed by atoms with Crippen LogP contribution in [0, 0.1) is 5.41 Å². The van der Waals surface area contributed by atoms with Gasteiger partial charge in [0.25, 0.3) is 0 Å². The van der Waals surface area contributed by atoms with Crippen molar-refractivity contribution in [1.82, 2.24) is 14.8 Å². The lowest BCUT2D eigenvalue weighted by Crippen LogP contribution is -2.36. The Balaban J connectivity index is 1.84. The molecule has 4 rings (SSSR count). The number of thioether (sulfide) groups is 1. The van der Waals surface area contributed by atoms with Crippen LogP contribution in [0.1, 0.15) is 38.3 Å². The molecule has 0 spiro atoms. The van der Waals surface area contributed by atoms with E-state index in [1.807, 2.05) is 18.2 Å². The molecule has 0 amide bonds. The molecule has 1 aliphatic carbocycles. The third kappa shape index (κ3) is 3.27. The van der Waals surface area contributed by atoms with Gasteiger partial charge in [0.15, 0.2) is 5.78 Å². The topological polar surface area (TPSA) is 80.0 Å². The van der Waals surface area contributed by atoms with Crippen LogP contribution in [0.4, 0.5) is 5.95 Å². The molecule has 2 heterocycles. The van der Waals surface area contributed by atoms with Crippen LogP contribution in [0.3, 0.4) is 0 Å². The number of allylic oxidation sites excluding steroid dienone is 2. The number of nitrogens with zero attached hydrogens (tertiary/aromatic N) is 3. The number of Topliss-reactive ketones (excluding diaryl/α,β-unsaturated/α-hetero) is 1. The molecule has 2 N–H and O–H groups in total. The Kier molecular flexibility index (Phi) is 4.34. The summed E-state index contributed by atoms with van der Waals surface area (Å²) in [5, 5.41) is 18.3. The highest BCUT2D eigenvalue weighted by Gasteiger charge is 2.41. The number of benzene rings is 1. The molecule has 0 radical (unpaired) electrons. The van der Waals surface area contributed by atoms with E-state index in [1.54, 1.807) is 16.8 Å². The van der Waals surface area contributed by atoms with Gasteiger partial charge in [-0.1, -0.05) is 43.8 Å². The number of carbonyl (C=O) groups is 1. The quantitative estimate of drug-likeness (QED) is 0.616. The van der Waals surface area contributed by atoms with Gasteiger partial charge in [-0.2, -0.15) is 4.98 Å². The summed E-state index contributed by atoms with van der Waals surface area (Å²) < 4.78 is 1.78. The lowest BCUT2D eigenvalue weighted by Gasteiger charge is -2.38. The average Bonchev–Trinajstić information content (AvgIpc) is 3.00. The van der Waals surface area contributed by atoms with Crippen molar-refractivity contribution >= 4 is 23.5 Å². The number of phenols is 1. The smallest absolute Gasteiger partial charge is 0.227 e. The average molecular weight is 382 g/mol. The number of carbonyl (C=O) groups excluding carboxylic acids is 1. The van der Waals surface area contributed by atoms with Gasteiger partial charge in [-0.3, -0.25) is 4.79 Å². The Hall–Kier alpha value is -2.54. The Bertz CT molecular complexity index is 943. The summed E-state index contributed by atoms with van der Waals surface area (Å²) in [6.07, 6.45) is 3.10. The number of aromatic nitrogens is 3. The van der Waals surface area contributed by atoms with Gasteiger partial charge in [0.2, 0.25) is 11.1 Å². The molecule has 0 saturated carbocycles. The maximum Gasteiger partial charge on any atom is 0.227 e. The molecule has 1 atom stereocenters. The van der Waals surface area contributed by atoms with E-state index in [0.29, 0.717) is 23.3 Å². The van der Waals surface area contributed by atoms with Gasteiger partial charge in [0.1, 0.15) is 11.8 Å². The number of anilines is 1. The highest BCUT2D eigenvalue weighted by Crippen LogP contribution is 2.45. The zero-order chi connectivity index (χ0) is 19.2. The van der Waals surface area contributed by atoms with Gasteiger partial charge in [-0.25, -0.2) is 4.68 Å². The van der Waals surface area contributed by atoms with Gasteiger partial charge in [-0.05, 0) is 29.5 Å². The third-order valence-corrected chi connectivity index (χ3v) is 5.69. The minimum Gasteiger partial charge on any atom is -0.508 e. The maximum atomic E-state index is 13.1. The molecule has 1 aliphatic heterocycles. The SMILES string of the molecule is C=CCSc1nc2n(n1)[C@@H](c1ccc(O)cc1)C1=C(CC(C)(C)CC1=O)N2. The van der Waals surface area contributed by atoms with Gasteiger partial charge < -0.3 is 10.4 Å². The molecule has 2 aromatic rings. The van der Waals surface area contributed by atoms with Crippen LogP contribution in [0.15, 0.2) is 53.3 Å². The summed E-state index contributed by atoms with van der Waals surface area (Å²) in [5.41, 5.74) is 2.49. The van der Waals surface area contributed by atoms with Gasteiger partial charge in [0.05, 0.1) is 0 Å². The summed E-state index contributed by atoms with van der Waals surface area (Å²) in [6, 6.07) is 6.61. The zero-order valence-electron chi connectivity index (χ0n) is 15.4. The minimum absolute atomic E-state index is 0.0922. The van der Waals surface area contributed by atoms with Crippen molar-refractivity contribution in [2.75, 3.05) is 11.1 Å². The first kappa shape index (κ1) is 17.9. The highest BCUT2D eigenvalue weighted by molar-refractivity contribution is 7.99. The lowest BCUT2D eigenvalue weighted by atomic mass is 9.73. The Labute approximate surface area is 162 Å². The largest absolute Gasteiger partial charge is 0.508 e. The molecule has 0 saturated heterocycles. The molecule has 0 unspecified atom stereocenters. The van der Waals surface area contributed by atoms with Crippen LogP contribution in [-0.4, -0.2) is 31.4 Å². The molecule has 7 heteroatoms. The number of nitrogens with one attached hydrogen (secondary N) is 1. The van der Waals surface area contributed by atoms with E-state index in [2.05, 4.69) is 35.8 Å². The molecule has 1 aromatic carbocycles. The highest BCUT2D eigenvalue weighted by atomic mass is 32.2. The molecule has 1 aromatic heterocycles. The first-order valence-corrected chi connectivity index (χ1v) is 9.89. The predicted molar refractivity (Wildman–Crippen MR) is 106 cm³/mol. The molecule has 0 bridgehead atoms. The number of hydrogen-bond donors (Lipinski definition) is 2. The van der Waals surface area contributed by atoms with Crippen LogP contribution in [0.2, 0.25) is 0 Å². The normalized spacial score (nSPS) is 20.7. The lowest BCUT2D eigenvalue weighted by molar-refractivity contribution is -0.118. The summed E-state index contributed by atoms with van der Waals surface area (Å²) in [7, 11) is 0. The predicted octanol–water partition coefficient (Wildman–Crippen LogP) is 3.92. The standard InChI is InChI=1S/C20H22N4O2S/c1-4-9-27-19-22-18-21-14-10-20(2,3)11-15(26)16(14)17(24(18)23-19)12-5-7-13(25)8-6-12/h4-8,17,25H,1,9-11H2,2-3H3,(H,21,22,23)/t17-/m0/s1. The van der Waals surface area contributed by atoms with Crippen LogP contribution >= 0.6 is 11.8 Å². The summed E-state index contributed by atoms with van der Waals surface area (Å²) >= 11 is 1.50. The second-order valence-electron chi connectivity index (χ2n) is 7.71. The maximum absolute atomic E-state index is 13.1. The van der Waals surface area contributed by atoms with Crippen LogP contribution in [0.25, 0.3) is 0 Å². The first-order chi connectivity index (χ1) is 12.9. The summed E-state index contributed by atoms with van der Waals surface area (Å²) in [5.74, 6) is 1.68. The number of hydrogen-bond acceptors (Lipinski definition) is 6. The molecule has 2 aliphatic rings. The van der Waals surface area contributed by atoms with Crippen molar-refractivity contribution in [3.63, 3.8) is 0 Å². The molecular formula is C20H22N4O2S. The van der Waals surface area contributed by atoms with E-state index in [-0.39, 0.29) is 23.0 Å². The third-order valence-electron chi connectivity index (χ3n) is 4.85. The molecule has 27 heavy (non-hydrogen) atoms. The number of ketones is 1. The van der Waals surface area contributed by atoms with Gasteiger partial charge in [-0.15, -0.1) is 11.7 Å². The fourth-order valence-corrected chi connectivity index (χ4v) is 4.31. The van der Waals surface area contributed by atoms with E-state index < -0.39 is 0 Å². The van der Waals surface area contributed by atoms with Gasteiger partial charge >= 0.3 is 0 Å². The van der Waals surface area contributed by atoms with Crippen LogP contribution in [-0.2, 0) is 4.79 Å². The van der Waals surface area contributed by atoms with Crippen molar-refractivity contribution in [3.8, 4) is 5.75 Å². The number of rotatable bonds is 4. The van der Waals surface area contributed by atoms with E-state index in [1.165, 1.54) is 11.8 Å². The number of aromatic hydroxyl groups is 1. The van der Waals surface area contributed by atoms with Crippen LogP contribution in [0.5, 0.6) is 5.75 Å². The Morgan fingerprint density at radius 2 is 2.11 bits per heavy atom. The van der Waals surface area contributed by atoms with E-state index in [9.17, 15) is 9.90 Å². The zero-order valence-corrected chi connectivity index (χ0v) is 16.2.